The lowest BCUT2D eigenvalue weighted by Gasteiger charge is -2.09. The molecule has 0 unspecified atom stereocenters. The Labute approximate surface area is 184 Å². The average Bonchev–Trinajstić information content (AvgIpc) is 2.83. The monoisotopic (exact) mass is 424 g/mol. The van der Waals surface area contributed by atoms with Crippen LogP contribution in [0.2, 0.25) is 0 Å². The maximum absolute atomic E-state index is 5.87. The highest BCUT2D eigenvalue weighted by Crippen LogP contribution is 2.29. The van der Waals surface area contributed by atoms with Gasteiger partial charge in [-0.2, -0.15) is 0 Å². The summed E-state index contributed by atoms with van der Waals surface area (Å²) in [6.07, 6.45) is 0. The summed E-state index contributed by atoms with van der Waals surface area (Å²) in [5.41, 5.74) is 3.47. The molecule has 0 amide bonds. The van der Waals surface area contributed by atoms with E-state index in [-0.39, 0.29) is 0 Å². The van der Waals surface area contributed by atoms with Gasteiger partial charge in [0.2, 0.25) is 0 Å². The van der Waals surface area contributed by atoms with Crippen molar-refractivity contribution in [3.05, 3.63) is 97.1 Å². The topological polar surface area (TPSA) is 120 Å². The molecule has 0 aromatic heterocycles. The number of benzene rings is 4. The van der Waals surface area contributed by atoms with Crippen LogP contribution in [0.3, 0.4) is 0 Å². The summed E-state index contributed by atoms with van der Waals surface area (Å²) in [6, 6.07) is 30.1. The predicted molar refractivity (Wildman–Crippen MR) is 122 cm³/mol. The fourth-order valence-electron chi connectivity index (χ4n) is 3.00. The van der Waals surface area contributed by atoms with Crippen molar-refractivity contribution in [2.24, 2.45) is 32.4 Å². The summed E-state index contributed by atoms with van der Waals surface area (Å²) in [4.78, 5) is 0. The van der Waals surface area contributed by atoms with Gasteiger partial charge < -0.3 is 21.2 Å². The van der Waals surface area contributed by atoms with E-state index in [1.54, 1.807) is 24.3 Å². The first-order valence-corrected chi connectivity index (χ1v) is 9.72. The summed E-state index contributed by atoms with van der Waals surface area (Å²) >= 11 is 0. The van der Waals surface area contributed by atoms with Gasteiger partial charge in [0.1, 0.15) is 23.0 Å². The van der Waals surface area contributed by atoms with Crippen LogP contribution in [0.4, 0.5) is 11.4 Å². The number of ether oxygens (including phenoxy) is 2. The molecule has 0 atom stereocenters. The molecule has 158 valence electrons. The third-order valence-electron chi connectivity index (χ3n) is 4.53. The van der Waals surface area contributed by atoms with E-state index in [1.807, 2.05) is 72.8 Å². The van der Waals surface area contributed by atoms with E-state index in [4.69, 9.17) is 21.2 Å². The minimum Gasteiger partial charge on any atom is -0.457 e. The first-order valence-electron chi connectivity index (χ1n) is 9.72. The Bertz CT molecular complexity index is 1100. The average molecular weight is 424 g/mol. The number of nitrogens with zero attached hydrogens (tertiary/aromatic N) is 4. The smallest absolute Gasteiger partial charge is 0.127 e. The van der Waals surface area contributed by atoms with Gasteiger partial charge in [-0.25, -0.2) is 0 Å². The van der Waals surface area contributed by atoms with E-state index in [2.05, 4.69) is 20.7 Å². The van der Waals surface area contributed by atoms with Crippen LogP contribution in [0.1, 0.15) is 0 Å². The molecule has 4 aromatic carbocycles. The van der Waals surface area contributed by atoms with Crippen LogP contribution in [0.5, 0.6) is 23.0 Å². The number of hydrogen-bond donors (Lipinski definition) is 2. The third kappa shape index (κ3) is 5.25. The van der Waals surface area contributed by atoms with Crippen LogP contribution in [0, 0.1) is 0 Å². The Hall–Kier alpha value is -4.72. The molecule has 0 saturated heterocycles. The highest BCUT2D eigenvalue weighted by molar-refractivity contribution is 5.65. The zero-order valence-electron chi connectivity index (χ0n) is 17.0. The normalized spacial score (nSPS) is 11.1. The van der Waals surface area contributed by atoms with E-state index in [9.17, 15) is 0 Å². The molecule has 0 radical (unpaired) electrons. The first-order chi connectivity index (χ1) is 15.7. The summed E-state index contributed by atoms with van der Waals surface area (Å²) in [6.45, 7) is 0. The van der Waals surface area contributed by atoms with Crippen molar-refractivity contribution in [2.45, 2.75) is 0 Å². The Morgan fingerprint density at radius 3 is 0.969 bits per heavy atom. The summed E-state index contributed by atoms with van der Waals surface area (Å²) in [5, 5.41) is 14.1. The Morgan fingerprint density at radius 2 is 0.688 bits per heavy atom. The fourth-order valence-corrected chi connectivity index (χ4v) is 3.00. The van der Waals surface area contributed by atoms with Gasteiger partial charge in [-0.3, -0.25) is 0 Å². The molecule has 0 aliphatic heterocycles. The second-order valence-electron chi connectivity index (χ2n) is 6.67. The van der Waals surface area contributed by atoms with Gasteiger partial charge >= 0.3 is 0 Å². The van der Waals surface area contributed by atoms with E-state index in [1.165, 1.54) is 0 Å². The van der Waals surface area contributed by atoms with Crippen LogP contribution in [-0.4, -0.2) is 0 Å². The van der Waals surface area contributed by atoms with Crippen molar-refractivity contribution in [2.75, 3.05) is 0 Å². The Kier molecular flexibility index (Phi) is 6.33. The molecule has 32 heavy (non-hydrogen) atoms. The Morgan fingerprint density at radius 1 is 0.406 bits per heavy atom. The lowest BCUT2D eigenvalue weighted by atomic mass is 10.1. The van der Waals surface area contributed by atoms with Crippen molar-refractivity contribution in [1.29, 1.82) is 0 Å². The lowest BCUT2D eigenvalue weighted by molar-refractivity contribution is 0.482. The summed E-state index contributed by atoms with van der Waals surface area (Å²) in [5.74, 6) is 13.0. The second-order valence-corrected chi connectivity index (χ2v) is 6.67. The van der Waals surface area contributed by atoms with Crippen molar-refractivity contribution in [3.63, 3.8) is 0 Å². The van der Waals surface area contributed by atoms with Crippen LogP contribution < -0.4 is 21.2 Å². The molecule has 0 spiro atoms. The fraction of sp³-hybridized carbons (Fsp3) is 0. The maximum atomic E-state index is 5.87. The summed E-state index contributed by atoms with van der Waals surface area (Å²) < 4.78 is 11.7. The molecule has 0 bridgehead atoms. The minimum absolute atomic E-state index is 0.665. The molecule has 0 aliphatic carbocycles. The standard InChI is InChI=1S/C24H20N6O2/c25-29-27-19-5-13-23(14-6-19)31-21-9-1-17(2-10-21)18-3-11-22(12-4-18)32-24-15-7-20(8-16-24)28-30-26/h1-16H,(H2,25,27)(H2,26,28). The van der Waals surface area contributed by atoms with E-state index < -0.39 is 0 Å². The largest absolute Gasteiger partial charge is 0.457 e. The lowest BCUT2D eigenvalue weighted by Crippen LogP contribution is -1.86. The molecule has 4 aromatic rings. The molecule has 0 aliphatic rings. The number of hydrogen-bond acceptors (Lipinski definition) is 6. The van der Waals surface area contributed by atoms with Crippen molar-refractivity contribution < 1.29 is 9.47 Å². The van der Waals surface area contributed by atoms with Gasteiger partial charge in [0.25, 0.3) is 0 Å². The van der Waals surface area contributed by atoms with Crippen molar-refractivity contribution in [1.82, 2.24) is 0 Å². The van der Waals surface area contributed by atoms with Gasteiger partial charge in [0, 0.05) is 0 Å². The number of nitrogens with two attached hydrogens (primary N) is 2. The molecule has 0 fully saturated rings. The molecule has 0 heterocycles. The molecule has 4 rings (SSSR count). The minimum atomic E-state index is 0.665. The highest BCUT2D eigenvalue weighted by atomic mass is 16.5. The molecular formula is C24H20N6O2. The molecular weight excluding hydrogens is 404 g/mol. The van der Waals surface area contributed by atoms with Gasteiger partial charge in [0.15, 0.2) is 0 Å². The Balaban J connectivity index is 1.39. The second kappa shape index (κ2) is 9.86. The first kappa shape index (κ1) is 20.5. The van der Waals surface area contributed by atoms with Gasteiger partial charge in [0.05, 0.1) is 11.4 Å². The molecule has 8 nitrogen and oxygen atoms in total. The number of rotatable bonds is 7. The van der Waals surface area contributed by atoms with Crippen molar-refractivity contribution in [3.8, 4) is 34.1 Å². The van der Waals surface area contributed by atoms with Gasteiger partial charge in [-0.15, -0.1) is 10.2 Å². The highest BCUT2D eigenvalue weighted by Gasteiger charge is 2.03. The van der Waals surface area contributed by atoms with Crippen LogP contribution >= 0.6 is 0 Å². The molecule has 0 saturated carbocycles. The predicted octanol–water partition coefficient (Wildman–Crippen LogP) is 6.85. The summed E-state index contributed by atoms with van der Waals surface area (Å²) in [7, 11) is 0. The third-order valence-corrected chi connectivity index (χ3v) is 4.53. The SMILES string of the molecule is NN=Nc1ccc(Oc2ccc(-c3ccc(Oc4ccc(N=NN)cc4)cc3)cc2)cc1. The van der Waals surface area contributed by atoms with Crippen LogP contribution in [0.15, 0.2) is 118 Å². The zero-order chi connectivity index (χ0) is 22.2. The van der Waals surface area contributed by atoms with Gasteiger partial charge in [-0.05, 0) is 83.9 Å². The van der Waals surface area contributed by atoms with Crippen molar-refractivity contribution >= 4 is 11.4 Å². The van der Waals surface area contributed by atoms with E-state index >= 15 is 0 Å². The quantitative estimate of drug-likeness (QED) is 0.191. The molecule has 4 N–H and O–H groups in total. The van der Waals surface area contributed by atoms with E-state index in [0.29, 0.717) is 22.9 Å². The van der Waals surface area contributed by atoms with Gasteiger partial charge in [-0.1, -0.05) is 34.7 Å². The van der Waals surface area contributed by atoms with Crippen LogP contribution in [-0.2, 0) is 0 Å². The molecule has 8 heteroatoms. The maximum Gasteiger partial charge on any atom is 0.127 e. The zero-order valence-corrected chi connectivity index (χ0v) is 17.0. The van der Waals surface area contributed by atoms with Crippen LogP contribution in [0.25, 0.3) is 11.1 Å². The van der Waals surface area contributed by atoms with E-state index in [0.717, 1.165) is 22.6 Å².